The Bertz CT molecular complexity index is 564. The van der Waals surface area contributed by atoms with Crippen molar-refractivity contribution in [2.75, 3.05) is 60.5 Å². The number of likely N-dealkylation sites (tertiary alicyclic amines) is 1. The van der Waals surface area contributed by atoms with E-state index in [9.17, 15) is 0 Å². The first-order valence-electron chi connectivity index (χ1n) is 9.65. The van der Waals surface area contributed by atoms with E-state index in [1.165, 1.54) is 24.3 Å². The average Bonchev–Trinajstić information content (AvgIpc) is 3.16. The topological polar surface area (TPSA) is 52.1 Å². The molecule has 2 saturated heterocycles. The van der Waals surface area contributed by atoms with Gasteiger partial charge in [-0.3, -0.25) is 9.89 Å². The van der Waals surface area contributed by atoms with Crippen LogP contribution in [0.5, 0.6) is 0 Å². The van der Waals surface area contributed by atoms with Crippen LogP contribution in [0.15, 0.2) is 22.5 Å². The first-order chi connectivity index (χ1) is 12.7. The highest BCUT2D eigenvalue weighted by Gasteiger charge is 2.31. The van der Waals surface area contributed by atoms with E-state index in [0.717, 1.165) is 38.7 Å². The molecule has 3 heterocycles. The molecule has 146 valence electrons. The number of nitrogens with zero attached hydrogens (tertiary/aromatic N) is 3. The Hall–Kier alpha value is -1.15. The number of morpholine rings is 1. The van der Waals surface area contributed by atoms with Crippen LogP contribution in [-0.2, 0) is 4.74 Å². The van der Waals surface area contributed by atoms with E-state index in [2.05, 4.69) is 57.0 Å². The average molecular weight is 380 g/mol. The van der Waals surface area contributed by atoms with Crippen molar-refractivity contribution in [3.8, 4) is 0 Å². The lowest BCUT2D eigenvalue weighted by molar-refractivity contribution is -0.0161. The molecule has 3 atom stereocenters. The molecule has 2 aliphatic heterocycles. The Morgan fingerprint density at radius 1 is 1.31 bits per heavy atom. The highest BCUT2D eigenvalue weighted by molar-refractivity contribution is 7.10. The van der Waals surface area contributed by atoms with Gasteiger partial charge in [0.15, 0.2) is 5.96 Å². The fourth-order valence-corrected chi connectivity index (χ4v) is 5.01. The van der Waals surface area contributed by atoms with Crippen LogP contribution in [-0.4, -0.2) is 82.3 Å². The van der Waals surface area contributed by atoms with Crippen molar-refractivity contribution in [3.63, 3.8) is 0 Å². The standard InChI is InChI=1S/C19H33N5OS/c1-20-19(22-13-16-14-23(2)9-10-25-16)21-12-15-6-4-8-24(3)18(15)17-7-5-11-26-17/h5,7,11,15-16,18H,4,6,8-10,12-14H2,1-3H3,(H2,20,21,22). The second kappa shape index (κ2) is 9.69. The van der Waals surface area contributed by atoms with Crippen LogP contribution in [0.2, 0.25) is 0 Å². The molecule has 0 amide bonds. The maximum atomic E-state index is 5.83. The van der Waals surface area contributed by atoms with Crippen LogP contribution in [0.1, 0.15) is 23.8 Å². The molecule has 6 nitrogen and oxygen atoms in total. The highest BCUT2D eigenvalue weighted by atomic mass is 32.1. The number of guanidine groups is 1. The van der Waals surface area contributed by atoms with Crippen LogP contribution in [0.25, 0.3) is 0 Å². The van der Waals surface area contributed by atoms with Crippen molar-refractivity contribution in [2.45, 2.75) is 25.0 Å². The number of rotatable bonds is 5. The van der Waals surface area contributed by atoms with Gasteiger partial charge in [0.1, 0.15) is 0 Å². The predicted octanol–water partition coefficient (Wildman–Crippen LogP) is 1.63. The third-order valence-corrected chi connectivity index (χ3v) is 6.38. The summed E-state index contributed by atoms with van der Waals surface area (Å²) in [6.07, 6.45) is 2.75. The summed E-state index contributed by atoms with van der Waals surface area (Å²) in [6, 6.07) is 4.94. The fourth-order valence-electron chi connectivity index (χ4n) is 4.03. The summed E-state index contributed by atoms with van der Waals surface area (Å²) in [5, 5.41) is 9.17. The van der Waals surface area contributed by atoms with Gasteiger partial charge >= 0.3 is 0 Å². The number of likely N-dealkylation sites (N-methyl/N-ethyl adjacent to an activating group) is 1. The molecule has 7 heteroatoms. The summed E-state index contributed by atoms with van der Waals surface area (Å²) < 4.78 is 5.83. The normalized spacial score (nSPS) is 28.9. The maximum absolute atomic E-state index is 5.83. The van der Waals surface area contributed by atoms with Gasteiger partial charge in [-0.05, 0) is 50.8 Å². The highest BCUT2D eigenvalue weighted by Crippen LogP contribution is 2.36. The van der Waals surface area contributed by atoms with Crippen LogP contribution in [0.4, 0.5) is 0 Å². The molecule has 2 fully saturated rings. The lowest BCUT2D eigenvalue weighted by Crippen LogP contribution is -2.49. The third-order valence-electron chi connectivity index (χ3n) is 5.44. The molecule has 0 saturated carbocycles. The van der Waals surface area contributed by atoms with Crippen LogP contribution >= 0.6 is 11.3 Å². The molecular formula is C19H33N5OS. The number of ether oxygens (including phenoxy) is 1. The van der Waals surface area contributed by atoms with Crippen LogP contribution in [0.3, 0.4) is 0 Å². The minimum Gasteiger partial charge on any atom is -0.374 e. The molecule has 2 N–H and O–H groups in total. The third kappa shape index (κ3) is 5.19. The molecule has 3 unspecified atom stereocenters. The molecule has 0 spiro atoms. The summed E-state index contributed by atoms with van der Waals surface area (Å²) >= 11 is 1.87. The Morgan fingerprint density at radius 2 is 2.15 bits per heavy atom. The molecule has 0 bridgehead atoms. The number of hydrogen-bond donors (Lipinski definition) is 2. The van der Waals surface area contributed by atoms with E-state index in [1.807, 2.05) is 18.4 Å². The lowest BCUT2D eigenvalue weighted by atomic mass is 9.88. The van der Waals surface area contributed by atoms with Crippen LogP contribution in [0, 0.1) is 5.92 Å². The van der Waals surface area contributed by atoms with Crippen molar-refractivity contribution in [1.29, 1.82) is 0 Å². The van der Waals surface area contributed by atoms with Crippen molar-refractivity contribution < 1.29 is 4.74 Å². The number of thiophene rings is 1. The van der Waals surface area contributed by atoms with E-state index >= 15 is 0 Å². The Kier molecular flexibility index (Phi) is 7.31. The first-order valence-corrected chi connectivity index (χ1v) is 10.5. The summed E-state index contributed by atoms with van der Waals surface area (Å²) in [4.78, 5) is 10.7. The molecular weight excluding hydrogens is 346 g/mol. The van der Waals surface area contributed by atoms with Gasteiger partial charge in [0, 0.05) is 44.1 Å². The van der Waals surface area contributed by atoms with Gasteiger partial charge in [-0.25, -0.2) is 0 Å². The summed E-state index contributed by atoms with van der Waals surface area (Å²) in [5.41, 5.74) is 0. The summed E-state index contributed by atoms with van der Waals surface area (Å²) in [5.74, 6) is 1.47. The molecule has 1 aromatic heterocycles. The van der Waals surface area contributed by atoms with E-state index in [4.69, 9.17) is 4.74 Å². The minimum absolute atomic E-state index is 0.229. The summed E-state index contributed by atoms with van der Waals surface area (Å²) in [7, 11) is 6.24. The predicted molar refractivity (Wildman–Crippen MR) is 109 cm³/mol. The van der Waals surface area contributed by atoms with Crippen molar-refractivity contribution in [2.24, 2.45) is 10.9 Å². The Labute approximate surface area is 161 Å². The number of aliphatic imine (C=N–C) groups is 1. The number of piperidine rings is 1. The van der Waals surface area contributed by atoms with Gasteiger partial charge in [0.25, 0.3) is 0 Å². The second-order valence-corrected chi connectivity index (χ2v) is 8.41. The molecule has 0 aliphatic carbocycles. The zero-order valence-electron chi connectivity index (χ0n) is 16.3. The Morgan fingerprint density at radius 3 is 2.88 bits per heavy atom. The summed E-state index contributed by atoms with van der Waals surface area (Å²) in [6.45, 7) is 5.71. The van der Waals surface area contributed by atoms with Gasteiger partial charge in [-0.1, -0.05) is 6.07 Å². The van der Waals surface area contributed by atoms with Gasteiger partial charge in [0.2, 0.25) is 0 Å². The van der Waals surface area contributed by atoms with Crippen LogP contribution < -0.4 is 10.6 Å². The maximum Gasteiger partial charge on any atom is 0.191 e. The zero-order chi connectivity index (χ0) is 18.4. The number of hydrogen-bond acceptors (Lipinski definition) is 5. The molecule has 3 rings (SSSR count). The quantitative estimate of drug-likeness (QED) is 0.602. The smallest absolute Gasteiger partial charge is 0.191 e. The van der Waals surface area contributed by atoms with E-state index in [0.29, 0.717) is 12.0 Å². The largest absolute Gasteiger partial charge is 0.374 e. The minimum atomic E-state index is 0.229. The van der Waals surface area contributed by atoms with E-state index in [1.54, 1.807) is 0 Å². The molecule has 2 aliphatic rings. The Balaban J connectivity index is 1.50. The van der Waals surface area contributed by atoms with Gasteiger partial charge in [-0.2, -0.15) is 0 Å². The van der Waals surface area contributed by atoms with Gasteiger partial charge in [-0.15, -0.1) is 11.3 Å². The molecule has 0 radical (unpaired) electrons. The lowest BCUT2D eigenvalue weighted by Gasteiger charge is -2.39. The van der Waals surface area contributed by atoms with Crippen molar-refractivity contribution in [3.05, 3.63) is 22.4 Å². The monoisotopic (exact) mass is 379 g/mol. The first kappa shape index (κ1) is 19.6. The zero-order valence-corrected chi connectivity index (χ0v) is 17.1. The van der Waals surface area contributed by atoms with E-state index < -0.39 is 0 Å². The SMILES string of the molecule is CN=C(NCC1CN(C)CCO1)NCC1CCCN(C)C1c1cccs1. The number of nitrogens with one attached hydrogen (secondary N) is 2. The van der Waals surface area contributed by atoms with Gasteiger partial charge < -0.3 is 20.3 Å². The second-order valence-electron chi connectivity index (χ2n) is 7.43. The van der Waals surface area contributed by atoms with E-state index in [-0.39, 0.29) is 6.10 Å². The molecule has 26 heavy (non-hydrogen) atoms. The van der Waals surface area contributed by atoms with Crippen molar-refractivity contribution >= 4 is 17.3 Å². The fraction of sp³-hybridized carbons (Fsp3) is 0.737. The van der Waals surface area contributed by atoms with Gasteiger partial charge in [0.05, 0.1) is 12.7 Å². The molecule has 0 aromatic carbocycles. The molecule has 1 aromatic rings. The van der Waals surface area contributed by atoms with Crippen molar-refractivity contribution in [1.82, 2.24) is 20.4 Å².